The van der Waals surface area contributed by atoms with E-state index in [-0.39, 0.29) is 24.0 Å². The number of nitrogens with one attached hydrogen (secondary N) is 1. The minimum Gasteiger partial charge on any atom is -0.370 e. The van der Waals surface area contributed by atoms with Crippen molar-refractivity contribution >= 4 is 53.1 Å². The summed E-state index contributed by atoms with van der Waals surface area (Å²) in [7, 11) is 1.84. The minimum absolute atomic E-state index is 0. The van der Waals surface area contributed by atoms with Crippen molar-refractivity contribution in [3.8, 4) is 0 Å². The van der Waals surface area contributed by atoms with Gasteiger partial charge >= 0.3 is 0 Å². The summed E-state index contributed by atoms with van der Waals surface area (Å²) >= 11 is 11.9. The number of guanidine groups is 1. The monoisotopic (exact) mass is 404 g/mol. The number of nitrogens with two attached hydrogens (primary N) is 1. The lowest BCUT2D eigenvalue weighted by atomic mass is 10.2. The molecule has 0 unspecified atom stereocenters. The molecule has 0 saturated heterocycles. The molecular formula is C11H19Cl2IN4. The third-order valence-electron chi connectivity index (χ3n) is 2.32. The van der Waals surface area contributed by atoms with Crippen LogP contribution in [0.1, 0.15) is 19.5 Å². The topological polar surface area (TPSA) is 55.3 Å². The number of hydrogen-bond donors (Lipinski definition) is 2. The lowest BCUT2D eigenvalue weighted by Gasteiger charge is -2.08. The smallest absolute Gasteiger partial charge is 0.188 e. The van der Waals surface area contributed by atoms with E-state index in [2.05, 4.69) is 24.2 Å². The van der Waals surface area contributed by atoms with Crippen LogP contribution in [-0.4, -0.2) is 17.1 Å². The van der Waals surface area contributed by atoms with Gasteiger partial charge in [-0.2, -0.15) is 0 Å². The van der Waals surface area contributed by atoms with Gasteiger partial charge in [0.15, 0.2) is 5.96 Å². The van der Waals surface area contributed by atoms with Crippen LogP contribution in [0, 0.1) is 5.92 Å². The zero-order valence-corrected chi connectivity index (χ0v) is 14.5. The number of nitrogens with zero attached hydrogens (tertiary/aromatic N) is 2. The molecule has 0 aliphatic carbocycles. The Labute approximate surface area is 135 Å². The van der Waals surface area contributed by atoms with Crippen molar-refractivity contribution in [2.24, 2.45) is 23.7 Å². The van der Waals surface area contributed by atoms with Crippen molar-refractivity contribution < 1.29 is 0 Å². The molecule has 0 aromatic carbocycles. The van der Waals surface area contributed by atoms with Crippen LogP contribution in [0.3, 0.4) is 0 Å². The van der Waals surface area contributed by atoms with Crippen LogP contribution < -0.4 is 11.1 Å². The van der Waals surface area contributed by atoms with Crippen molar-refractivity contribution in [1.82, 2.24) is 9.88 Å². The molecule has 18 heavy (non-hydrogen) atoms. The van der Waals surface area contributed by atoms with Gasteiger partial charge in [0.25, 0.3) is 0 Å². The van der Waals surface area contributed by atoms with Gasteiger partial charge in [0, 0.05) is 19.3 Å². The van der Waals surface area contributed by atoms with E-state index in [1.807, 2.05) is 7.05 Å². The van der Waals surface area contributed by atoms with Gasteiger partial charge in [-0.25, -0.2) is 4.99 Å². The molecule has 1 aromatic rings. The summed E-state index contributed by atoms with van der Waals surface area (Å²) in [5, 5.41) is 4.10. The molecule has 104 valence electrons. The summed E-state index contributed by atoms with van der Waals surface area (Å²) in [5.41, 5.74) is 6.65. The average Bonchev–Trinajstić information content (AvgIpc) is 2.51. The first kappa shape index (κ1) is 17.9. The van der Waals surface area contributed by atoms with Gasteiger partial charge in [-0.1, -0.05) is 37.0 Å². The highest BCUT2D eigenvalue weighted by Gasteiger charge is 2.08. The molecule has 0 radical (unpaired) electrons. The fourth-order valence-corrected chi connectivity index (χ4v) is 1.69. The maximum absolute atomic E-state index is 5.95. The number of hydrogen-bond acceptors (Lipinski definition) is 1. The Morgan fingerprint density at radius 1 is 1.50 bits per heavy atom. The Morgan fingerprint density at radius 3 is 2.56 bits per heavy atom. The molecule has 0 aliphatic heterocycles. The van der Waals surface area contributed by atoms with Gasteiger partial charge in [0.2, 0.25) is 0 Å². The molecule has 1 aromatic heterocycles. The van der Waals surface area contributed by atoms with Crippen LogP contribution in [-0.2, 0) is 13.6 Å². The zero-order valence-electron chi connectivity index (χ0n) is 10.7. The Balaban J connectivity index is 0.00000289. The first-order valence-electron chi connectivity index (χ1n) is 5.45. The molecule has 1 rings (SSSR count). The van der Waals surface area contributed by atoms with Crippen LogP contribution in [0.4, 0.5) is 0 Å². The second-order valence-electron chi connectivity index (χ2n) is 4.31. The number of rotatable bonds is 4. The minimum atomic E-state index is 0. The summed E-state index contributed by atoms with van der Waals surface area (Å²) in [6.07, 6.45) is 0. The van der Waals surface area contributed by atoms with Gasteiger partial charge in [0.1, 0.15) is 5.15 Å². The van der Waals surface area contributed by atoms with E-state index in [4.69, 9.17) is 28.9 Å². The van der Waals surface area contributed by atoms with Crippen molar-refractivity contribution in [3.63, 3.8) is 0 Å². The Kier molecular flexibility index (Phi) is 8.05. The van der Waals surface area contributed by atoms with Crippen molar-refractivity contribution in [2.45, 2.75) is 20.4 Å². The van der Waals surface area contributed by atoms with E-state index in [1.165, 1.54) is 0 Å². The molecule has 0 spiro atoms. The highest BCUT2D eigenvalue weighted by atomic mass is 127. The molecule has 0 aliphatic rings. The van der Waals surface area contributed by atoms with Gasteiger partial charge in [-0.05, 0) is 12.0 Å². The van der Waals surface area contributed by atoms with Crippen molar-refractivity contribution in [3.05, 3.63) is 21.9 Å². The third kappa shape index (κ3) is 5.24. The van der Waals surface area contributed by atoms with Gasteiger partial charge in [-0.15, -0.1) is 24.0 Å². The molecule has 0 atom stereocenters. The summed E-state index contributed by atoms with van der Waals surface area (Å²) in [6, 6.07) is 1.79. The standard InChI is InChI=1S/C11H18Cl2N4.HI/c1-7(2)5-15-11(14)16-6-8-4-9(12)10(13)17(8)3;/h4,7H,5-6H2,1-3H3,(H3,14,15,16);1H. The largest absolute Gasteiger partial charge is 0.370 e. The van der Waals surface area contributed by atoms with E-state index in [9.17, 15) is 0 Å². The summed E-state index contributed by atoms with van der Waals surface area (Å²) in [4.78, 5) is 4.23. The Bertz CT molecular complexity index is 415. The molecule has 1 heterocycles. The van der Waals surface area contributed by atoms with Crippen LogP contribution in [0.25, 0.3) is 0 Å². The Hall–Kier alpha value is -0.140. The Morgan fingerprint density at radius 2 is 2.11 bits per heavy atom. The normalized spacial score (nSPS) is 11.6. The van der Waals surface area contributed by atoms with E-state index in [0.29, 0.717) is 28.6 Å². The van der Waals surface area contributed by atoms with Gasteiger partial charge < -0.3 is 15.6 Å². The van der Waals surface area contributed by atoms with Crippen LogP contribution in [0.5, 0.6) is 0 Å². The van der Waals surface area contributed by atoms with Gasteiger partial charge in [-0.3, -0.25) is 0 Å². The van der Waals surface area contributed by atoms with E-state index in [1.54, 1.807) is 10.6 Å². The summed E-state index contributed by atoms with van der Waals surface area (Å²) in [6.45, 7) is 5.48. The third-order valence-corrected chi connectivity index (χ3v) is 3.16. The van der Waals surface area contributed by atoms with Crippen LogP contribution >= 0.6 is 47.2 Å². The highest BCUT2D eigenvalue weighted by Crippen LogP contribution is 2.25. The van der Waals surface area contributed by atoms with Gasteiger partial charge in [0.05, 0.1) is 11.6 Å². The first-order chi connectivity index (χ1) is 7.91. The lowest BCUT2D eigenvalue weighted by Crippen LogP contribution is -2.34. The predicted molar refractivity (Wildman–Crippen MR) is 89.0 cm³/mol. The second kappa shape index (κ2) is 8.12. The SMILES string of the molecule is CC(C)CNC(N)=NCc1cc(Cl)c(Cl)n1C.I. The molecule has 0 saturated carbocycles. The quantitative estimate of drug-likeness (QED) is 0.460. The van der Waals surface area contributed by atoms with Crippen LogP contribution in [0.15, 0.2) is 11.1 Å². The van der Waals surface area contributed by atoms with E-state index in [0.717, 1.165) is 12.2 Å². The van der Waals surface area contributed by atoms with E-state index < -0.39 is 0 Å². The molecule has 0 bridgehead atoms. The lowest BCUT2D eigenvalue weighted by molar-refractivity contribution is 0.621. The fraction of sp³-hybridized carbons (Fsp3) is 0.545. The molecule has 7 heteroatoms. The van der Waals surface area contributed by atoms with Crippen LogP contribution in [0.2, 0.25) is 10.2 Å². The molecule has 3 N–H and O–H groups in total. The van der Waals surface area contributed by atoms with Crippen molar-refractivity contribution in [1.29, 1.82) is 0 Å². The highest BCUT2D eigenvalue weighted by molar-refractivity contribution is 14.0. The molecule has 0 fully saturated rings. The maximum Gasteiger partial charge on any atom is 0.188 e. The number of halogens is 3. The molecule has 0 amide bonds. The van der Waals surface area contributed by atoms with E-state index >= 15 is 0 Å². The second-order valence-corrected chi connectivity index (χ2v) is 5.07. The summed E-state index contributed by atoms with van der Waals surface area (Å²) in [5.74, 6) is 0.967. The number of aliphatic imine (C=N–C) groups is 1. The fourth-order valence-electron chi connectivity index (χ4n) is 1.27. The summed E-state index contributed by atoms with van der Waals surface area (Å²) < 4.78 is 1.79. The maximum atomic E-state index is 5.95. The molecule has 4 nitrogen and oxygen atoms in total. The zero-order chi connectivity index (χ0) is 13.0. The number of aromatic nitrogens is 1. The predicted octanol–water partition coefficient (Wildman–Crippen LogP) is 3.01. The van der Waals surface area contributed by atoms with Crippen molar-refractivity contribution in [2.75, 3.05) is 6.54 Å². The first-order valence-corrected chi connectivity index (χ1v) is 6.20. The average molecular weight is 405 g/mol. The molecular weight excluding hydrogens is 386 g/mol.